The molecule has 1 aliphatic carbocycles. The molecule has 1 aromatic rings. The molecule has 2 N–H and O–H groups in total. The second-order valence-electron chi connectivity index (χ2n) is 4.86. The molecule has 0 saturated heterocycles. The highest BCUT2D eigenvalue weighted by molar-refractivity contribution is 6.02. The number of rotatable bonds is 1. The molecule has 1 heterocycles. The number of benzene rings is 1. The molecule has 94 valence electrons. The normalized spacial score (nSPS) is 20.1. The second kappa shape index (κ2) is 3.69. The van der Waals surface area contributed by atoms with Gasteiger partial charge in [-0.1, -0.05) is 0 Å². The van der Waals surface area contributed by atoms with Crippen LogP contribution in [0.4, 0.5) is 11.4 Å². The summed E-state index contributed by atoms with van der Waals surface area (Å²) in [5, 5.41) is 17.0. The van der Waals surface area contributed by atoms with Crippen molar-refractivity contribution in [1.29, 1.82) is 0 Å². The molecule has 1 saturated carbocycles. The van der Waals surface area contributed by atoms with E-state index < -0.39 is 4.92 Å². The fourth-order valence-corrected chi connectivity index (χ4v) is 2.74. The smallest absolute Gasteiger partial charge is 0.270 e. The maximum Gasteiger partial charge on any atom is 0.270 e. The molecule has 0 radical (unpaired) electrons. The highest BCUT2D eigenvalue weighted by Gasteiger charge is 2.40. The molecule has 18 heavy (non-hydrogen) atoms. The van der Waals surface area contributed by atoms with Gasteiger partial charge in [0.25, 0.3) is 11.6 Å². The summed E-state index contributed by atoms with van der Waals surface area (Å²) in [6.07, 6.45) is 3.95. The predicted octanol–water partition coefficient (Wildman–Crippen LogP) is 2.02. The van der Waals surface area contributed by atoms with Crippen molar-refractivity contribution in [2.45, 2.75) is 31.3 Å². The second-order valence-corrected chi connectivity index (χ2v) is 4.86. The van der Waals surface area contributed by atoms with Crippen molar-refractivity contribution >= 4 is 17.3 Å². The van der Waals surface area contributed by atoms with Crippen LogP contribution in [0.3, 0.4) is 0 Å². The standard InChI is InChI=1S/C12H13N3O3/c16-11-9-7-8(15(17)18)3-4-10(9)13-12(14-11)5-1-2-6-12/h3-4,7,13H,1-2,5-6H2,(H,14,16). The Balaban J connectivity index is 2.01. The van der Waals surface area contributed by atoms with Gasteiger partial charge in [0.05, 0.1) is 10.5 Å². The van der Waals surface area contributed by atoms with Gasteiger partial charge in [-0.05, 0) is 31.7 Å². The fraction of sp³-hybridized carbons (Fsp3) is 0.417. The zero-order valence-corrected chi connectivity index (χ0v) is 9.73. The van der Waals surface area contributed by atoms with E-state index in [1.54, 1.807) is 6.07 Å². The minimum absolute atomic E-state index is 0.0620. The van der Waals surface area contributed by atoms with Crippen LogP contribution in [0.1, 0.15) is 36.0 Å². The number of nitro benzene ring substituents is 1. The average molecular weight is 247 g/mol. The first-order valence-electron chi connectivity index (χ1n) is 5.99. The maximum atomic E-state index is 12.0. The third-order valence-corrected chi connectivity index (χ3v) is 3.64. The van der Waals surface area contributed by atoms with E-state index in [1.807, 2.05) is 0 Å². The molecule has 1 aliphatic heterocycles. The Morgan fingerprint density at radius 2 is 1.94 bits per heavy atom. The van der Waals surface area contributed by atoms with Gasteiger partial charge < -0.3 is 10.6 Å². The summed E-state index contributed by atoms with van der Waals surface area (Å²) >= 11 is 0. The van der Waals surface area contributed by atoms with E-state index in [4.69, 9.17) is 0 Å². The fourth-order valence-electron chi connectivity index (χ4n) is 2.74. The quantitative estimate of drug-likeness (QED) is 0.587. The number of non-ortho nitro benzene ring substituents is 1. The minimum atomic E-state index is -0.493. The number of nitro groups is 1. The Morgan fingerprint density at radius 3 is 2.61 bits per heavy atom. The van der Waals surface area contributed by atoms with Crippen molar-refractivity contribution in [2.24, 2.45) is 0 Å². The van der Waals surface area contributed by atoms with Gasteiger partial charge in [0, 0.05) is 17.8 Å². The summed E-state index contributed by atoms with van der Waals surface area (Å²) in [6, 6.07) is 4.36. The number of nitrogens with one attached hydrogen (secondary N) is 2. The molecule has 1 fully saturated rings. The largest absolute Gasteiger partial charge is 0.362 e. The average Bonchev–Trinajstić information content (AvgIpc) is 2.76. The van der Waals surface area contributed by atoms with E-state index >= 15 is 0 Å². The molecule has 0 unspecified atom stereocenters. The summed E-state index contributed by atoms with van der Waals surface area (Å²) in [5.41, 5.74) is 0.626. The van der Waals surface area contributed by atoms with Crippen LogP contribution in [0.5, 0.6) is 0 Å². The van der Waals surface area contributed by atoms with Crippen LogP contribution in [0.2, 0.25) is 0 Å². The Labute approximate surface area is 104 Å². The summed E-state index contributed by atoms with van der Waals surface area (Å²) < 4.78 is 0. The van der Waals surface area contributed by atoms with Crippen LogP contribution in [0, 0.1) is 10.1 Å². The van der Waals surface area contributed by atoms with Gasteiger partial charge in [0.15, 0.2) is 0 Å². The van der Waals surface area contributed by atoms with Crippen LogP contribution < -0.4 is 10.6 Å². The molecule has 0 aromatic heterocycles. The van der Waals surface area contributed by atoms with Gasteiger partial charge in [-0.25, -0.2) is 0 Å². The number of anilines is 1. The van der Waals surface area contributed by atoms with Crippen LogP contribution in [0.25, 0.3) is 0 Å². The van der Waals surface area contributed by atoms with E-state index in [2.05, 4.69) is 10.6 Å². The zero-order valence-electron chi connectivity index (χ0n) is 9.73. The molecule has 1 aromatic carbocycles. The third-order valence-electron chi connectivity index (χ3n) is 3.64. The summed E-state index contributed by atoms with van der Waals surface area (Å²) in [6.45, 7) is 0. The topological polar surface area (TPSA) is 84.3 Å². The molecule has 6 nitrogen and oxygen atoms in total. The van der Waals surface area contributed by atoms with Crippen LogP contribution >= 0.6 is 0 Å². The molecule has 1 amide bonds. The number of hydrogen-bond acceptors (Lipinski definition) is 4. The first-order chi connectivity index (χ1) is 8.60. The van der Waals surface area contributed by atoms with Gasteiger partial charge in [-0.15, -0.1) is 0 Å². The molecule has 1 spiro atoms. The number of hydrogen-bond donors (Lipinski definition) is 2. The summed E-state index contributed by atoms with van der Waals surface area (Å²) in [4.78, 5) is 22.3. The Bertz CT molecular complexity index is 535. The Kier molecular flexibility index (Phi) is 2.26. The molecular formula is C12H13N3O3. The number of amides is 1. The van der Waals surface area contributed by atoms with Crippen LogP contribution in [-0.2, 0) is 0 Å². The number of carbonyl (C=O) groups excluding carboxylic acids is 1. The van der Waals surface area contributed by atoms with Crippen molar-refractivity contribution in [1.82, 2.24) is 5.32 Å². The van der Waals surface area contributed by atoms with E-state index in [0.29, 0.717) is 11.3 Å². The lowest BCUT2D eigenvalue weighted by Crippen LogP contribution is -2.55. The molecule has 0 bridgehead atoms. The first kappa shape index (κ1) is 11.0. The monoisotopic (exact) mass is 247 g/mol. The van der Waals surface area contributed by atoms with Crippen molar-refractivity contribution in [3.63, 3.8) is 0 Å². The highest BCUT2D eigenvalue weighted by atomic mass is 16.6. The third kappa shape index (κ3) is 1.61. The van der Waals surface area contributed by atoms with Crippen molar-refractivity contribution < 1.29 is 9.72 Å². The first-order valence-corrected chi connectivity index (χ1v) is 5.99. The van der Waals surface area contributed by atoms with Gasteiger partial charge in [0.1, 0.15) is 5.66 Å². The summed E-state index contributed by atoms with van der Waals surface area (Å²) in [5.74, 6) is -0.227. The van der Waals surface area contributed by atoms with E-state index in [9.17, 15) is 14.9 Å². The van der Waals surface area contributed by atoms with Crippen molar-refractivity contribution in [3.8, 4) is 0 Å². The number of fused-ring (bicyclic) bond motifs is 1. The lowest BCUT2D eigenvalue weighted by Gasteiger charge is -2.37. The van der Waals surface area contributed by atoms with Crippen molar-refractivity contribution in [2.75, 3.05) is 5.32 Å². The summed E-state index contributed by atoms with van der Waals surface area (Å²) in [7, 11) is 0. The number of nitrogens with zero attached hydrogens (tertiary/aromatic N) is 1. The molecular weight excluding hydrogens is 234 g/mol. The minimum Gasteiger partial charge on any atom is -0.362 e. The molecule has 6 heteroatoms. The van der Waals surface area contributed by atoms with Gasteiger partial charge in [-0.3, -0.25) is 14.9 Å². The lowest BCUT2D eigenvalue weighted by molar-refractivity contribution is -0.384. The Morgan fingerprint density at radius 1 is 1.22 bits per heavy atom. The SMILES string of the molecule is O=C1NC2(CCCC2)Nc2ccc([N+](=O)[O-])cc21. The lowest BCUT2D eigenvalue weighted by atomic mass is 10.0. The molecule has 0 atom stereocenters. The molecule has 3 rings (SSSR count). The van der Waals surface area contributed by atoms with E-state index in [-0.39, 0.29) is 17.3 Å². The maximum absolute atomic E-state index is 12.0. The molecule has 2 aliphatic rings. The van der Waals surface area contributed by atoms with Crippen LogP contribution in [-0.4, -0.2) is 16.5 Å². The Hall–Kier alpha value is -2.11. The highest BCUT2D eigenvalue weighted by Crippen LogP contribution is 2.36. The van der Waals surface area contributed by atoms with Gasteiger partial charge in [-0.2, -0.15) is 0 Å². The van der Waals surface area contributed by atoms with E-state index in [1.165, 1.54) is 12.1 Å². The zero-order chi connectivity index (χ0) is 12.8. The number of carbonyl (C=O) groups is 1. The van der Waals surface area contributed by atoms with Crippen LogP contribution in [0.15, 0.2) is 18.2 Å². The van der Waals surface area contributed by atoms with E-state index in [0.717, 1.165) is 25.7 Å². The van der Waals surface area contributed by atoms with Gasteiger partial charge in [0.2, 0.25) is 0 Å². The van der Waals surface area contributed by atoms with Gasteiger partial charge >= 0.3 is 0 Å². The van der Waals surface area contributed by atoms with Crippen molar-refractivity contribution in [3.05, 3.63) is 33.9 Å². The predicted molar refractivity (Wildman–Crippen MR) is 65.4 cm³/mol.